The molecule has 1 aliphatic heterocycles. The Balaban J connectivity index is 1.95. The second-order valence-electron chi connectivity index (χ2n) is 6.43. The summed E-state index contributed by atoms with van der Waals surface area (Å²) >= 11 is 0. The number of carbonyl (C=O) groups excluding carboxylic acids is 2. The third-order valence-electron chi connectivity index (χ3n) is 4.27. The van der Waals surface area contributed by atoms with Crippen molar-refractivity contribution >= 4 is 17.8 Å². The Morgan fingerprint density at radius 2 is 2.15 bits per heavy atom. The zero-order chi connectivity index (χ0) is 19.4. The summed E-state index contributed by atoms with van der Waals surface area (Å²) in [6.45, 7) is 0.946. The van der Waals surface area contributed by atoms with Crippen LogP contribution < -0.4 is 0 Å². The van der Waals surface area contributed by atoms with Crippen molar-refractivity contribution < 1.29 is 19.1 Å². The number of amides is 1. The quantitative estimate of drug-likeness (QED) is 0.755. The number of likely N-dealkylation sites (N-methyl/N-ethyl adjacent to an activating group) is 1. The highest BCUT2D eigenvalue weighted by Gasteiger charge is 2.43. The molecule has 0 saturated carbocycles. The molecule has 1 atom stereocenters. The fourth-order valence-corrected chi connectivity index (χ4v) is 2.92. The molecule has 0 spiro atoms. The topological polar surface area (TPSA) is 86.9 Å². The Hall–Kier alpha value is -3.19. The van der Waals surface area contributed by atoms with Gasteiger partial charge in [0, 0.05) is 19.3 Å². The molecule has 0 saturated heterocycles. The van der Waals surface area contributed by atoms with Gasteiger partial charge in [0.05, 0.1) is 17.5 Å². The van der Waals surface area contributed by atoms with E-state index < -0.39 is 23.5 Å². The molecule has 7 heteroatoms. The lowest BCUT2D eigenvalue weighted by atomic mass is 9.99. The molecular weight excluding hydrogens is 346 g/mol. The van der Waals surface area contributed by atoms with Crippen LogP contribution in [0.15, 0.2) is 64.6 Å². The predicted octanol–water partition coefficient (Wildman–Crippen LogP) is 2.21. The Bertz CT molecular complexity index is 870. The van der Waals surface area contributed by atoms with Gasteiger partial charge in [-0.05, 0) is 50.5 Å². The smallest absolute Gasteiger partial charge is 0.290 e. The molecule has 140 valence electrons. The van der Waals surface area contributed by atoms with Crippen molar-refractivity contribution in [1.29, 1.82) is 0 Å². The van der Waals surface area contributed by atoms with Crippen LogP contribution in [0.2, 0.25) is 0 Å². The monoisotopic (exact) mass is 367 g/mol. The lowest BCUT2D eigenvalue weighted by Gasteiger charge is -2.27. The van der Waals surface area contributed by atoms with Gasteiger partial charge in [-0.1, -0.05) is 6.07 Å². The third kappa shape index (κ3) is 3.98. The van der Waals surface area contributed by atoms with E-state index in [1.54, 1.807) is 36.5 Å². The van der Waals surface area contributed by atoms with Gasteiger partial charge in [0.15, 0.2) is 11.5 Å². The SMILES string of the molecule is CN(C)CCN1C(=O)C(O)=C(C(=O)C=Cc2ccco2)C1c1ccccn1. The van der Waals surface area contributed by atoms with E-state index in [1.807, 2.05) is 19.0 Å². The summed E-state index contributed by atoms with van der Waals surface area (Å²) in [5, 5.41) is 10.4. The molecule has 3 heterocycles. The number of furan rings is 1. The number of aliphatic hydroxyl groups is 1. The molecule has 3 rings (SSSR count). The summed E-state index contributed by atoms with van der Waals surface area (Å²) in [7, 11) is 3.78. The van der Waals surface area contributed by atoms with Gasteiger partial charge in [-0.25, -0.2) is 0 Å². The number of nitrogens with zero attached hydrogens (tertiary/aromatic N) is 3. The first-order valence-electron chi connectivity index (χ1n) is 8.54. The van der Waals surface area contributed by atoms with Crippen LogP contribution >= 0.6 is 0 Å². The van der Waals surface area contributed by atoms with E-state index in [4.69, 9.17) is 4.42 Å². The largest absolute Gasteiger partial charge is 0.503 e. The van der Waals surface area contributed by atoms with Crippen LogP contribution in [0.25, 0.3) is 6.08 Å². The van der Waals surface area contributed by atoms with E-state index in [1.165, 1.54) is 23.3 Å². The van der Waals surface area contributed by atoms with Gasteiger partial charge in [-0.2, -0.15) is 0 Å². The summed E-state index contributed by atoms with van der Waals surface area (Å²) in [6, 6.07) is 7.96. The molecule has 0 fully saturated rings. The number of carbonyl (C=O) groups is 2. The number of pyridine rings is 1. The van der Waals surface area contributed by atoms with Crippen LogP contribution in [0.1, 0.15) is 17.5 Å². The maximum absolute atomic E-state index is 12.8. The number of aromatic nitrogens is 1. The first-order valence-corrected chi connectivity index (χ1v) is 8.54. The zero-order valence-electron chi connectivity index (χ0n) is 15.2. The van der Waals surface area contributed by atoms with E-state index in [-0.39, 0.29) is 5.57 Å². The molecule has 27 heavy (non-hydrogen) atoms. The van der Waals surface area contributed by atoms with Crippen molar-refractivity contribution in [1.82, 2.24) is 14.8 Å². The molecule has 2 aromatic rings. The molecule has 2 aromatic heterocycles. The highest BCUT2D eigenvalue weighted by molar-refractivity contribution is 6.14. The average molecular weight is 367 g/mol. The highest BCUT2D eigenvalue weighted by atomic mass is 16.3. The van der Waals surface area contributed by atoms with Crippen LogP contribution in [-0.2, 0) is 9.59 Å². The molecule has 1 N–H and O–H groups in total. The molecule has 1 unspecified atom stereocenters. The fourth-order valence-electron chi connectivity index (χ4n) is 2.92. The molecule has 0 aliphatic carbocycles. The van der Waals surface area contributed by atoms with Crippen molar-refractivity contribution in [3.63, 3.8) is 0 Å². The van der Waals surface area contributed by atoms with Gasteiger partial charge in [-0.15, -0.1) is 0 Å². The maximum Gasteiger partial charge on any atom is 0.290 e. The van der Waals surface area contributed by atoms with Crippen LogP contribution in [0.3, 0.4) is 0 Å². The molecule has 0 bridgehead atoms. The van der Waals surface area contributed by atoms with Crippen LogP contribution in [0, 0.1) is 0 Å². The summed E-state index contributed by atoms with van der Waals surface area (Å²) in [5.41, 5.74) is 0.559. The Morgan fingerprint density at radius 1 is 1.33 bits per heavy atom. The number of hydrogen-bond donors (Lipinski definition) is 1. The van der Waals surface area contributed by atoms with E-state index in [9.17, 15) is 14.7 Å². The summed E-state index contributed by atoms with van der Waals surface area (Å²) < 4.78 is 5.18. The van der Waals surface area contributed by atoms with Gasteiger partial charge in [0.1, 0.15) is 11.8 Å². The molecule has 1 aliphatic rings. The van der Waals surface area contributed by atoms with Gasteiger partial charge >= 0.3 is 0 Å². The first-order chi connectivity index (χ1) is 13.0. The summed E-state index contributed by atoms with van der Waals surface area (Å²) in [4.78, 5) is 33.1. The normalized spacial score (nSPS) is 17.5. The maximum atomic E-state index is 12.8. The fraction of sp³-hybridized carbons (Fsp3) is 0.250. The lowest BCUT2D eigenvalue weighted by molar-refractivity contribution is -0.129. The number of allylic oxidation sites excluding steroid dienone is 1. The van der Waals surface area contributed by atoms with E-state index in [0.717, 1.165) is 0 Å². The van der Waals surface area contributed by atoms with E-state index in [2.05, 4.69) is 4.98 Å². The Morgan fingerprint density at radius 3 is 2.78 bits per heavy atom. The minimum atomic E-state index is -0.729. The van der Waals surface area contributed by atoms with Crippen LogP contribution in [0.5, 0.6) is 0 Å². The number of hydrogen-bond acceptors (Lipinski definition) is 6. The number of aliphatic hydroxyl groups excluding tert-OH is 1. The first kappa shape index (κ1) is 18.6. The average Bonchev–Trinajstić information content (AvgIpc) is 3.26. The van der Waals surface area contributed by atoms with Gasteiger partial charge in [0.25, 0.3) is 5.91 Å². The van der Waals surface area contributed by atoms with Gasteiger partial charge in [0.2, 0.25) is 0 Å². The van der Waals surface area contributed by atoms with Crippen molar-refractivity contribution in [2.75, 3.05) is 27.2 Å². The minimum Gasteiger partial charge on any atom is -0.503 e. The molecule has 0 aromatic carbocycles. The standard InChI is InChI=1S/C20H21N3O4/c1-22(2)11-12-23-18(15-7-3-4-10-21-15)17(19(25)20(23)26)16(24)9-8-14-6-5-13-27-14/h3-10,13,18,25H,11-12H2,1-2H3. The van der Waals surface area contributed by atoms with Crippen molar-refractivity contribution in [2.24, 2.45) is 0 Å². The highest BCUT2D eigenvalue weighted by Crippen LogP contribution is 2.36. The molecular formula is C20H21N3O4. The number of ketones is 1. The van der Waals surface area contributed by atoms with Gasteiger partial charge in [-0.3, -0.25) is 14.6 Å². The second kappa shape index (κ2) is 8.01. The summed E-state index contributed by atoms with van der Waals surface area (Å²) in [6.07, 6.45) is 5.90. The Labute approximate surface area is 157 Å². The second-order valence-corrected chi connectivity index (χ2v) is 6.43. The van der Waals surface area contributed by atoms with Crippen molar-refractivity contribution in [3.8, 4) is 0 Å². The minimum absolute atomic E-state index is 0.0280. The van der Waals surface area contributed by atoms with Crippen molar-refractivity contribution in [3.05, 3.63) is 71.7 Å². The summed E-state index contributed by atoms with van der Waals surface area (Å²) in [5.74, 6) is -1.05. The van der Waals surface area contributed by atoms with E-state index in [0.29, 0.717) is 24.5 Å². The molecule has 7 nitrogen and oxygen atoms in total. The van der Waals surface area contributed by atoms with Gasteiger partial charge < -0.3 is 19.3 Å². The number of rotatable bonds is 7. The Kier molecular flexibility index (Phi) is 5.52. The van der Waals surface area contributed by atoms with Crippen LogP contribution in [-0.4, -0.2) is 58.8 Å². The van der Waals surface area contributed by atoms with Crippen LogP contribution in [0.4, 0.5) is 0 Å². The zero-order valence-corrected chi connectivity index (χ0v) is 15.2. The predicted molar refractivity (Wildman–Crippen MR) is 99.6 cm³/mol. The molecule has 0 radical (unpaired) electrons. The van der Waals surface area contributed by atoms with E-state index >= 15 is 0 Å². The lowest BCUT2D eigenvalue weighted by Crippen LogP contribution is -2.36. The third-order valence-corrected chi connectivity index (χ3v) is 4.27. The van der Waals surface area contributed by atoms with Crippen molar-refractivity contribution in [2.45, 2.75) is 6.04 Å². The molecule has 1 amide bonds.